The van der Waals surface area contributed by atoms with E-state index in [4.69, 9.17) is 15.2 Å². The Labute approximate surface area is 266 Å². The number of benzene rings is 3. The van der Waals surface area contributed by atoms with Crippen LogP contribution in [0.1, 0.15) is 86.0 Å². The lowest BCUT2D eigenvalue weighted by Crippen LogP contribution is -2.41. The highest BCUT2D eigenvalue weighted by atomic mass is 16.7. The van der Waals surface area contributed by atoms with Crippen molar-refractivity contribution >= 4 is 23.2 Å². The van der Waals surface area contributed by atoms with Crippen LogP contribution in [-0.2, 0) is 32.2 Å². The number of nitrogens with one attached hydrogen (secondary N) is 2. The Kier molecular flexibility index (Phi) is 12.0. The van der Waals surface area contributed by atoms with E-state index in [1.165, 1.54) is 19.3 Å². The molecule has 0 radical (unpaired) electrons. The van der Waals surface area contributed by atoms with E-state index >= 15 is 0 Å². The molecular weight excluding hydrogens is 568 g/mol. The Morgan fingerprint density at radius 1 is 0.822 bits per heavy atom. The van der Waals surface area contributed by atoms with Gasteiger partial charge >= 0.3 is 0 Å². The first-order valence-electron chi connectivity index (χ1n) is 16.2. The molecule has 3 aromatic rings. The number of piperidine rings is 1. The van der Waals surface area contributed by atoms with Crippen LogP contribution in [0.15, 0.2) is 72.8 Å². The van der Waals surface area contributed by atoms with Gasteiger partial charge in [-0.05, 0) is 67.6 Å². The minimum Gasteiger partial charge on any atom is -0.397 e. The lowest BCUT2D eigenvalue weighted by atomic mass is 9.99. The highest BCUT2D eigenvalue weighted by Gasteiger charge is 2.33. The third-order valence-corrected chi connectivity index (χ3v) is 8.56. The van der Waals surface area contributed by atoms with Crippen molar-refractivity contribution in [3.8, 4) is 0 Å². The van der Waals surface area contributed by atoms with Crippen LogP contribution in [0.2, 0.25) is 0 Å². The van der Waals surface area contributed by atoms with E-state index in [-0.39, 0.29) is 30.6 Å². The molecule has 45 heavy (non-hydrogen) atoms. The Morgan fingerprint density at radius 3 is 2.20 bits per heavy atom. The van der Waals surface area contributed by atoms with Crippen molar-refractivity contribution in [1.29, 1.82) is 0 Å². The average Bonchev–Trinajstić information content (AvgIpc) is 3.07. The number of anilines is 2. The van der Waals surface area contributed by atoms with Gasteiger partial charge in [-0.25, -0.2) is 0 Å². The lowest BCUT2D eigenvalue weighted by molar-refractivity contribution is -0.253. The third kappa shape index (κ3) is 9.86. The first kappa shape index (κ1) is 32.6. The smallest absolute Gasteiger partial charge is 0.224 e. The summed E-state index contributed by atoms with van der Waals surface area (Å²) >= 11 is 0. The molecular formula is C36H46N4O5. The highest BCUT2D eigenvalue weighted by Crippen LogP contribution is 2.38. The minimum absolute atomic E-state index is 0.0199. The molecule has 0 aliphatic carbocycles. The van der Waals surface area contributed by atoms with Gasteiger partial charge in [0.1, 0.15) is 0 Å². The summed E-state index contributed by atoms with van der Waals surface area (Å²) in [6, 6.07) is 23.2. The molecule has 0 bridgehead atoms. The second-order valence-corrected chi connectivity index (χ2v) is 12.1. The number of carbonyl (C=O) groups excluding carboxylic acids is 2. The number of hydrogen-bond acceptors (Lipinski definition) is 7. The van der Waals surface area contributed by atoms with Crippen molar-refractivity contribution in [3.63, 3.8) is 0 Å². The van der Waals surface area contributed by atoms with Gasteiger partial charge < -0.3 is 35.8 Å². The summed E-state index contributed by atoms with van der Waals surface area (Å²) in [7, 11) is 0. The summed E-state index contributed by atoms with van der Waals surface area (Å²) in [4.78, 5) is 27.1. The van der Waals surface area contributed by atoms with Crippen LogP contribution in [0, 0.1) is 0 Å². The standard InChI is InChI=1S/C36H46N4O5/c37-31-8-2-3-9-32(31)39-35(43)11-5-4-10-34(42)38-23-26-12-18-29(19-13-26)36-44-30(24-40-20-6-1-7-21-40)22-33(45-36)28-16-14-27(25-41)15-17-28/h2-3,8-9,12-19,30,33,36,41H,1,4-7,10-11,20-25,37H2,(H,38,42)(H,39,43). The lowest BCUT2D eigenvalue weighted by Gasteiger charge is -2.39. The molecule has 0 spiro atoms. The molecule has 240 valence electrons. The number of unbranched alkanes of at least 4 members (excludes halogenated alkanes) is 1. The number of hydrogen-bond donors (Lipinski definition) is 4. The predicted molar refractivity (Wildman–Crippen MR) is 175 cm³/mol. The van der Waals surface area contributed by atoms with Crippen molar-refractivity contribution < 1.29 is 24.2 Å². The molecule has 2 fully saturated rings. The van der Waals surface area contributed by atoms with Crippen LogP contribution in [0.25, 0.3) is 0 Å². The average molecular weight is 615 g/mol. The van der Waals surface area contributed by atoms with Crippen molar-refractivity contribution in [2.45, 2.75) is 83.0 Å². The zero-order valence-corrected chi connectivity index (χ0v) is 26.0. The fourth-order valence-electron chi connectivity index (χ4n) is 5.94. The maximum absolute atomic E-state index is 12.4. The van der Waals surface area contributed by atoms with Gasteiger partial charge in [0.15, 0.2) is 6.29 Å². The summed E-state index contributed by atoms with van der Waals surface area (Å²) in [6.45, 7) is 3.56. The van der Waals surface area contributed by atoms with E-state index in [0.29, 0.717) is 43.6 Å². The summed E-state index contributed by atoms with van der Waals surface area (Å²) in [5.74, 6) is -0.149. The van der Waals surface area contributed by atoms with E-state index in [9.17, 15) is 14.7 Å². The minimum atomic E-state index is -0.491. The molecule has 3 aromatic carbocycles. The molecule has 0 saturated carbocycles. The number of rotatable bonds is 13. The molecule has 5 rings (SSSR count). The Balaban J connectivity index is 1.09. The van der Waals surface area contributed by atoms with E-state index in [2.05, 4.69) is 15.5 Å². The van der Waals surface area contributed by atoms with Crippen LogP contribution >= 0.6 is 0 Å². The van der Waals surface area contributed by atoms with Crippen LogP contribution in [0.5, 0.6) is 0 Å². The number of para-hydroxylation sites is 2. The molecule has 2 aliphatic rings. The first-order valence-corrected chi connectivity index (χ1v) is 16.2. The Morgan fingerprint density at radius 2 is 1.49 bits per heavy atom. The van der Waals surface area contributed by atoms with Gasteiger partial charge in [0.25, 0.3) is 0 Å². The topological polar surface area (TPSA) is 126 Å². The van der Waals surface area contributed by atoms with Gasteiger partial charge in [0.2, 0.25) is 11.8 Å². The van der Waals surface area contributed by atoms with Crippen molar-refractivity contribution in [2.24, 2.45) is 0 Å². The molecule has 2 saturated heterocycles. The normalized spacial score (nSPS) is 20.4. The SMILES string of the molecule is Nc1ccccc1NC(=O)CCCCC(=O)NCc1ccc(C2OC(CN3CCCCC3)CC(c3ccc(CO)cc3)O2)cc1. The molecule has 0 aromatic heterocycles. The van der Waals surface area contributed by atoms with E-state index in [1.807, 2.05) is 60.7 Å². The number of aliphatic hydroxyl groups excluding tert-OH is 1. The van der Waals surface area contributed by atoms with Crippen LogP contribution in [-0.4, -0.2) is 47.6 Å². The number of likely N-dealkylation sites (tertiary alicyclic amines) is 1. The highest BCUT2D eigenvalue weighted by molar-refractivity contribution is 5.93. The Bertz CT molecular complexity index is 1370. The predicted octanol–water partition coefficient (Wildman–Crippen LogP) is 5.61. The second-order valence-electron chi connectivity index (χ2n) is 12.1. The fraction of sp³-hybridized carbons (Fsp3) is 0.444. The molecule has 9 nitrogen and oxygen atoms in total. The molecule has 9 heteroatoms. The fourth-order valence-corrected chi connectivity index (χ4v) is 5.94. The van der Waals surface area contributed by atoms with E-state index in [0.717, 1.165) is 48.3 Å². The van der Waals surface area contributed by atoms with Gasteiger partial charge in [-0.3, -0.25) is 9.59 Å². The maximum Gasteiger partial charge on any atom is 0.224 e. The quantitative estimate of drug-likeness (QED) is 0.146. The molecule has 2 heterocycles. The zero-order chi connectivity index (χ0) is 31.4. The van der Waals surface area contributed by atoms with Crippen molar-refractivity contribution in [2.75, 3.05) is 30.7 Å². The van der Waals surface area contributed by atoms with Gasteiger partial charge in [-0.2, -0.15) is 0 Å². The van der Waals surface area contributed by atoms with Crippen molar-refractivity contribution in [1.82, 2.24) is 10.2 Å². The largest absolute Gasteiger partial charge is 0.397 e. The summed E-state index contributed by atoms with van der Waals surface area (Å²) in [5.41, 5.74) is 10.9. The third-order valence-electron chi connectivity index (χ3n) is 8.56. The monoisotopic (exact) mass is 614 g/mol. The number of nitrogens with two attached hydrogens (primary N) is 1. The maximum atomic E-state index is 12.4. The van der Waals surface area contributed by atoms with E-state index in [1.54, 1.807) is 12.1 Å². The molecule has 3 atom stereocenters. The summed E-state index contributed by atoms with van der Waals surface area (Å²) in [5, 5.41) is 15.3. The first-order chi connectivity index (χ1) is 22.0. The second kappa shape index (κ2) is 16.5. The molecule has 5 N–H and O–H groups in total. The summed E-state index contributed by atoms with van der Waals surface area (Å²) < 4.78 is 13.0. The molecule has 2 amide bonds. The number of carbonyl (C=O) groups is 2. The summed E-state index contributed by atoms with van der Waals surface area (Å²) in [6.07, 6.45) is 5.94. The number of amides is 2. The molecule has 2 aliphatic heterocycles. The van der Waals surface area contributed by atoms with Gasteiger partial charge in [-0.1, -0.05) is 67.1 Å². The van der Waals surface area contributed by atoms with Crippen molar-refractivity contribution in [3.05, 3.63) is 95.1 Å². The van der Waals surface area contributed by atoms with Gasteiger partial charge in [0, 0.05) is 37.9 Å². The van der Waals surface area contributed by atoms with Gasteiger partial charge in [-0.15, -0.1) is 0 Å². The van der Waals surface area contributed by atoms with E-state index < -0.39 is 6.29 Å². The Hall–Kier alpha value is -3.76. The zero-order valence-electron chi connectivity index (χ0n) is 26.0. The van der Waals surface area contributed by atoms with Crippen LogP contribution in [0.3, 0.4) is 0 Å². The number of nitrogen functional groups attached to an aromatic ring is 1. The van der Waals surface area contributed by atoms with Crippen LogP contribution in [0.4, 0.5) is 11.4 Å². The molecule has 3 unspecified atom stereocenters. The number of nitrogens with zero attached hydrogens (tertiary/aromatic N) is 1. The number of ether oxygens (including phenoxy) is 2. The van der Waals surface area contributed by atoms with Crippen LogP contribution < -0.4 is 16.4 Å². The number of aliphatic hydroxyl groups is 1. The van der Waals surface area contributed by atoms with Gasteiger partial charge in [0.05, 0.1) is 30.2 Å².